The minimum Gasteiger partial charge on any atom is -0.335 e. The summed E-state index contributed by atoms with van der Waals surface area (Å²) in [7, 11) is 0. The van der Waals surface area contributed by atoms with E-state index in [9.17, 15) is 0 Å². The second-order valence-corrected chi connectivity index (χ2v) is 5.28. The minimum atomic E-state index is -0.0460. The smallest absolute Gasteiger partial charge is 0.110 e. The van der Waals surface area contributed by atoms with Crippen molar-refractivity contribution in [1.29, 1.82) is 0 Å². The lowest BCUT2D eigenvalue weighted by Crippen LogP contribution is -2.17. The Morgan fingerprint density at radius 3 is 2.89 bits per heavy atom. The zero-order valence-electron chi connectivity index (χ0n) is 11.4. The molecule has 0 saturated heterocycles. The summed E-state index contributed by atoms with van der Waals surface area (Å²) in [6, 6.07) is 5.81. The third-order valence-electron chi connectivity index (χ3n) is 3.30. The van der Waals surface area contributed by atoms with Gasteiger partial charge in [0.1, 0.15) is 5.82 Å². The van der Waals surface area contributed by atoms with Gasteiger partial charge in [-0.15, -0.1) is 0 Å². The zero-order valence-corrected chi connectivity index (χ0v) is 12.2. The van der Waals surface area contributed by atoms with E-state index in [1.807, 2.05) is 37.5 Å². The van der Waals surface area contributed by atoms with Crippen LogP contribution in [0.1, 0.15) is 36.3 Å². The molecule has 0 radical (unpaired) electrons. The lowest BCUT2D eigenvalue weighted by atomic mass is 9.99. The van der Waals surface area contributed by atoms with Crippen LogP contribution in [0.3, 0.4) is 0 Å². The summed E-state index contributed by atoms with van der Waals surface area (Å²) in [5.41, 5.74) is 8.57. The molecule has 0 amide bonds. The molecule has 1 heterocycles. The number of nitrogens with zero attached hydrogens (tertiary/aromatic N) is 2. The Bertz CT molecular complexity index is 548. The summed E-state index contributed by atoms with van der Waals surface area (Å²) in [5.74, 6) is 1.05. The zero-order chi connectivity index (χ0) is 13.8. The Labute approximate surface area is 119 Å². The summed E-state index contributed by atoms with van der Waals surface area (Å²) >= 11 is 5.97. The molecule has 0 fully saturated rings. The van der Waals surface area contributed by atoms with Crippen LogP contribution in [-0.2, 0) is 13.0 Å². The van der Waals surface area contributed by atoms with Gasteiger partial charge in [0.15, 0.2) is 0 Å². The molecule has 1 aromatic carbocycles. The average molecular weight is 278 g/mol. The van der Waals surface area contributed by atoms with E-state index in [4.69, 9.17) is 17.3 Å². The highest BCUT2D eigenvalue weighted by atomic mass is 35.5. The summed E-state index contributed by atoms with van der Waals surface area (Å²) < 4.78 is 2.17. The number of rotatable bonds is 5. The van der Waals surface area contributed by atoms with Gasteiger partial charge < -0.3 is 10.3 Å². The molecule has 0 aliphatic heterocycles. The van der Waals surface area contributed by atoms with Gasteiger partial charge in [0.2, 0.25) is 0 Å². The maximum atomic E-state index is 6.31. The Balaban J connectivity index is 2.16. The molecule has 2 rings (SSSR count). The molecule has 0 spiro atoms. The van der Waals surface area contributed by atoms with Crippen LogP contribution in [0, 0.1) is 6.92 Å². The van der Waals surface area contributed by atoms with Gasteiger partial charge in [0.25, 0.3) is 0 Å². The van der Waals surface area contributed by atoms with Gasteiger partial charge in [-0.1, -0.05) is 24.6 Å². The van der Waals surface area contributed by atoms with Gasteiger partial charge in [0.05, 0.1) is 0 Å². The number of benzene rings is 1. The molecule has 1 aromatic heterocycles. The van der Waals surface area contributed by atoms with Gasteiger partial charge in [-0.3, -0.25) is 0 Å². The predicted octanol–water partition coefficient (Wildman–Crippen LogP) is 3.50. The summed E-state index contributed by atoms with van der Waals surface area (Å²) in [4.78, 5) is 4.40. The van der Waals surface area contributed by atoms with Crippen LogP contribution < -0.4 is 5.73 Å². The topological polar surface area (TPSA) is 43.8 Å². The summed E-state index contributed by atoms with van der Waals surface area (Å²) in [6.07, 6.45) is 5.70. The lowest BCUT2D eigenvalue weighted by Gasteiger charge is -2.15. The van der Waals surface area contributed by atoms with E-state index in [0.717, 1.165) is 41.4 Å². The maximum absolute atomic E-state index is 6.31. The van der Waals surface area contributed by atoms with E-state index in [2.05, 4.69) is 16.5 Å². The third kappa shape index (κ3) is 3.37. The Hall–Kier alpha value is -1.32. The second kappa shape index (κ2) is 6.22. The van der Waals surface area contributed by atoms with Crippen LogP contribution in [-0.4, -0.2) is 9.55 Å². The number of hydrogen-bond donors (Lipinski definition) is 1. The maximum Gasteiger partial charge on any atom is 0.110 e. The average Bonchev–Trinajstić information content (AvgIpc) is 2.77. The SMILES string of the molecule is CCCn1ccnc1CC(N)c1ccc(Cl)cc1C. The standard InChI is InChI=1S/C15H20ClN3/c1-3-7-19-8-6-18-15(19)10-14(17)13-5-4-12(16)9-11(13)2/h4-6,8-9,14H,3,7,10,17H2,1-2H3. The van der Waals surface area contributed by atoms with Crippen LogP contribution in [0.2, 0.25) is 5.02 Å². The van der Waals surface area contributed by atoms with E-state index in [1.165, 1.54) is 0 Å². The molecule has 19 heavy (non-hydrogen) atoms. The number of halogens is 1. The molecule has 1 unspecified atom stereocenters. The van der Waals surface area contributed by atoms with E-state index in [1.54, 1.807) is 0 Å². The first kappa shape index (κ1) is 14.1. The monoisotopic (exact) mass is 277 g/mol. The van der Waals surface area contributed by atoms with Crippen molar-refractivity contribution in [2.45, 2.75) is 39.3 Å². The van der Waals surface area contributed by atoms with Crippen molar-refractivity contribution >= 4 is 11.6 Å². The highest BCUT2D eigenvalue weighted by Gasteiger charge is 2.13. The quantitative estimate of drug-likeness (QED) is 0.909. The minimum absolute atomic E-state index is 0.0460. The molecule has 102 valence electrons. The van der Waals surface area contributed by atoms with Gasteiger partial charge >= 0.3 is 0 Å². The number of aryl methyl sites for hydroxylation is 2. The summed E-state index contributed by atoms with van der Waals surface area (Å²) in [5, 5.41) is 0.751. The van der Waals surface area contributed by atoms with Crippen molar-refractivity contribution < 1.29 is 0 Å². The molecule has 0 saturated carbocycles. The third-order valence-corrected chi connectivity index (χ3v) is 3.54. The van der Waals surface area contributed by atoms with Crippen LogP contribution in [0.4, 0.5) is 0 Å². The largest absolute Gasteiger partial charge is 0.335 e. The van der Waals surface area contributed by atoms with Gasteiger partial charge in [-0.2, -0.15) is 0 Å². The number of imidazole rings is 1. The molecule has 2 aromatic rings. The first-order valence-corrected chi connectivity index (χ1v) is 7.01. The van der Waals surface area contributed by atoms with Gasteiger partial charge in [-0.05, 0) is 36.6 Å². The fourth-order valence-electron chi connectivity index (χ4n) is 2.34. The van der Waals surface area contributed by atoms with E-state index in [0.29, 0.717) is 0 Å². The number of hydrogen-bond acceptors (Lipinski definition) is 2. The van der Waals surface area contributed by atoms with E-state index in [-0.39, 0.29) is 6.04 Å². The van der Waals surface area contributed by atoms with Gasteiger partial charge in [-0.25, -0.2) is 4.98 Å². The van der Waals surface area contributed by atoms with Crippen molar-refractivity contribution in [2.75, 3.05) is 0 Å². The fourth-order valence-corrected chi connectivity index (χ4v) is 2.56. The van der Waals surface area contributed by atoms with Crippen molar-refractivity contribution in [3.05, 3.63) is 52.6 Å². The first-order chi connectivity index (χ1) is 9.11. The lowest BCUT2D eigenvalue weighted by molar-refractivity contribution is 0.597. The molecular formula is C15H20ClN3. The van der Waals surface area contributed by atoms with Crippen molar-refractivity contribution in [1.82, 2.24) is 9.55 Å². The second-order valence-electron chi connectivity index (χ2n) is 4.85. The van der Waals surface area contributed by atoms with Crippen molar-refractivity contribution in [2.24, 2.45) is 5.73 Å². The van der Waals surface area contributed by atoms with E-state index < -0.39 is 0 Å². The molecular weight excluding hydrogens is 258 g/mol. The predicted molar refractivity (Wildman–Crippen MR) is 79.3 cm³/mol. The Kier molecular flexibility index (Phi) is 4.61. The molecule has 2 N–H and O–H groups in total. The molecule has 0 aliphatic carbocycles. The van der Waals surface area contributed by atoms with Gasteiger partial charge in [0, 0.05) is 36.4 Å². The highest BCUT2D eigenvalue weighted by Crippen LogP contribution is 2.22. The summed E-state index contributed by atoms with van der Waals surface area (Å²) in [6.45, 7) is 5.19. The number of aromatic nitrogens is 2. The fraction of sp³-hybridized carbons (Fsp3) is 0.400. The van der Waals surface area contributed by atoms with Crippen molar-refractivity contribution in [3.8, 4) is 0 Å². The molecule has 0 aliphatic rings. The highest BCUT2D eigenvalue weighted by molar-refractivity contribution is 6.30. The first-order valence-electron chi connectivity index (χ1n) is 6.63. The normalized spacial score (nSPS) is 12.6. The van der Waals surface area contributed by atoms with Crippen molar-refractivity contribution in [3.63, 3.8) is 0 Å². The Morgan fingerprint density at radius 2 is 2.21 bits per heavy atom. The molecule has 3 nitrogen and oxygen atoms in total. The number of nitrogens with two attached hydrogens (primary N) is 1. The van der Waals surface area contributed by atoms with Crippen LogP contribution in [0.15, 0.2) is 30.6 Å². The molecule has 0 bridgehead atoms. The molecule has 4 heteroatoms. The molecule has 1 atom stereocenters. The van der Waals surface area contributed by atoms with Crippen LogP contribution >= 0.6 is 11.6 Å². The van der Waals surface area contributed by atoms with Crippen LogP contribution in [0.25, 0.3) is 0 Å². The van der Waals surface area contributed by atoms with Crippen LogP contribution in [0.5, 0.6) is 0 Å². The Morgan fingerprint density at radius 1 is 1.42 bits per heavy atom. The van der Waals surface area contributed by atoms with E-state index >= 15 is 0 Å².